The summed E-state index contributed by atoms with van der Waals surface area (Å²) in [7, 11) is 0. The first-order valence-electron chi connectivity index (χ1n) is 14.1. The molecule has 1 aliphatic rings. The highest BCUT2D eigenvalue weighted by Gasteiger charge is 2.38. The molecule has 2 amide bonds. The number of halogens is 3. The summed E-state index contributed by atoms with van der Waals surface area (Å²) in [6, 6.07) is 6.49. The van der Waals surface area contributed by atoms with Gasteiger partial charge in [-0.25, -0.2) is 9.97 Å². The molecule has 4 heterocycles. The molecule has 44 heavy (non-hydrogen) atoms. The Bertz CT molecular complexity index is 1720. The van der Waals surface area contributed by atoms with Crippen LogP contribution in [0.25, 0.3) is 16.9 Å². The lowest BCUT2D eigenvalue weighted by atomic mass is 10.0. The molecule has 1 aromatic carbocycles. The highest BCUT2D eigenvalue weighted by molar-refractivity contribution is 5.96. The number of alkyl halides is 3. The van der Waals surface area contributed by atoms with Crippen LogP contribution in [0.1, 0.15) is 48.3 Å². The summed E-state index contributed by atoms with van der Waals surface area (Å²) in [6.07, 6.45) is 2.95. The summed E-state index contributed by atoms with van der Waals surface area (Å²) in [5.41, 5.74) is 0.910. The van der Waals surface area contributed by atoms with Crippen molar-refractivity contribution in [3.8, 4) is 17.3 Å². The highest BCUT2D eigenvalue weighted by Crippen LogP contribution is 2.37. The summed E-state index contributed by atoms with van der Waals surface area (Å²) >= 11 is 0. The van der Waals surface area contributed by atoms with Crippen LogP contribution in [-0.2, 0) is 23.9 Å². The second-order valence-corrected chi connectivity index (χ2v) is 10.5. The fraction of sp³-hybridized carbons (Fsp3) is 0.379. The number of carbonyl (C=O) groups excluding carboxylic acids is 2. The number of rotatable bonds is 10. The molecule has 15 heteroatoms. The van der Waals surface area contributed by atoms with E-state index >= 15 is 0 Å². The maximum Gasteiger partial charge on any atom is 0.435 e. The SMILES string of the molecule is CCc1cc(Nc2nccn3c(-c4cn(CC#N)nc4C(F)(F)F)cnc23)ccc1C(=O)N[C@H](C)CNC(=O)[C@@H]1CCCN1. The molecule has 1 fully saturated rings. The second-order valence-electron chi connectivity index (χ2n) is 10.5. The largest absolute Gasteiger partial charge is 0.435 e. The quantitative estimate of drug-likeness (QED) is 0.214. The normalized spacial score (nSPS) is 15.6. The molecule has 230 valence electrons. The van der Waals surface area contributed by atoms with Gasteiger partial charge in [0, 0.05) is 42.4 Å². The molecular formula is C29H31F3N10O2. The molecule has 4 N–H and O–H groups in total. The Labute approximate surface area is 250 Å². The molecule has 1 saturated heterocycles. The standard InChI is InChI=1S/C29H31F3N10O2/c1-3-18-13-19(6-7-20(18)27(43)38-17(2)14-37-28(44)22-5-4-9-34-22)39-25-26-36-15-23(42(26)12-10-35-25)21-16-41(11-8-33)40-24(21)29(30,31)32/h6-7,10,12-13,15-17,22,34H,3-5,9,11,14H2,1-2H3,(H,35,39)(H,37,44)(H,38,43)/t17-,22+/m1/s1. The molecule has 0 spiro atoms. The maximum atomic E-state index is 13.8. The lowest BCUT2D eigenvalue weighted by Gasteiger charge is -2.18. The van der Waals surface area contributed by atoms with Gasteiger partial charge >= 0.3 is 6.18 Å². The van der Waals surface area contributed by atoms with Crippen molar-refractivity contribution in [2.45, 2.75) is 57.9 Å². The molecule has 0 aliphatic carbocycles. The van der Waals surface area contributed by atoms with E-state index in [0.29, 0.717) is 24.2 Å². The number of hydrogen-bond donors (Lipinski definition) is 4. The van der Waals surface area contributed by atoms with E-state index in [1.807, 2.05) is 13.8 Å². The number of nitrogens with zero attached hydrogens (tertiary/aromatic N) is 6. The smallest absolute Gasteiger partial charge is 0.353 e. The maximum absolute atomic E-state index is 13.8. The minimum atomic E-state index is -4.74. The molecule has 4 aromatic rings. The van der Waals surface area contributed by atoms with Gasteiger partial charge in [0.25, 0.3) is 5.91 Å². The van der Waals surface area contributed by atoms with E-state index in [-0.39, 0.29) is 53.2 Å². The molecule has 0 unspecified atom stereocenters. The number of anilines is 2. The van der Waals surface area contributed by atoms with Gasteiger partial charge in [-0.15, -0.1) is 0 Å². The Morgan fingerprint density at radius 3 is 2.80 bits per heavy atom. The topological polar surface area (TPSA) is 154 Å². The number of nitrogens with one attached hydrogen (secondary N) is 4. The zero-order valence-corrected chi connectivity index (χ0v) is 24.1. The summed E-state index contributed by atoms with van der Waals surface area (Å²) < 4.78 is 43.7. The average Bonchev–Trinajstić information content (AvgIpc) is 3.76. The molecule has 3 aromatic heterocycles. The first-order valence-corrected chi connectivity index (χ1v) is 14.1. The van der Waals surface area contributed by atoms with Crippen molar-refractivity contribution in [2.75, 3.05) is 18.4 Å². The minimum absolute atomic E-state index is 0.0728. The molecule has 0 bridgehead atoms. The van der Waals surface area contributed by atoms with E-state index < -0.39 is 11.9 Å². The van der Waals surface area contributed by atoms with Gasteiger partial charge in [-0.1, -0.05) is 6.92 Å². The Morgan fingerprint density at radius 2 is 2.09 bits per heavy atom. The number of imidazole rings is 1. The van der Waals surface area contributed by atoms with Gasteiger partial charge in [-0.05, 0) is 56.5 Å². The Hall–Kier alpha value is -4.97. The number of aromatic nitrogens is 5. The molecular weight excluding hydrogens is 577 g/mol. The van der Waals surface area contributed by atoms with Gasteiger partial charge in [0.2, 0.25) is 5.91 Å². The fourth-order valence-electron chi connectivity index (χ4n) is 5.14. The van der Waals surface area contributed by atoms with Crippen LogP contribution in [0, 0.1) is 11.3 Å². The van der Waals surface area contributed by atoms with Gasteiger partial charge in [-0.3, -0.25) is 18.7 Å². The third-order valence-corrected chi connectivity index (χ3v) is 7.30. The van der Waals surface area contributed by atoms with Gasteiger partial charge in [0.05, 0.1) is 29.6 Å². The predicted octanol–water partition coefficient (Wildman–Crippen LogP) is 3.43. The van der Waals surface area contributed by atoms with E-state index in [2.05, 4.69) is 36.3 Å². The van der Waals surface area contributed by atoms with E-state index in [1.165, 1.54) is 29.2 Å². The lowest BCUT2D eigenvalue weighted by Crippen LogP contribution is -2.46. The van der Waals surface area contributed by atoms with Gasteiger partial charge in [0.1, 0.15) is 6.54 Å². The van der Waals surface area contributed by atoms with Crippen LogP contribution in [-0.4, -0.2) is 61.1 Å². The summed E-state index contributed by atoms with van der Waals surface area (Å²) in [6.45, 7) is 4.52. The summed E-state index contributed by atoms with van der Waals surface area (Å²) in [4.78, 5) is 34.0. The van der Waals surface area contributed by atoms with Crippen molar-refractivity contribution >= 4 is 29.0 Å². The third kappa shape index (κ3) is 6.50. The zero-order valence-electron chi connectivity index (χ0n) is 24.1. The monoisotopic (exact) mass is 608 g/mol. The Morgan fingerprint density at radius 1 is 1.27 bits per heavy atom. The van der Waals surface area contributed by atoms with Crippen molar-refractivity contribution in [3.05, 3.63) is 59.8 Å². The first kappa shape index (κ1) is 30.5. The molecule has 2 atom stereocenters. The molecule has 0 radical (unpaired) electrons. The van der Waals surface area contributed by atoms with Gasteiger partial charge in [0.15, 0.2) is 17.2 Å². The number of nitriles is 1. The van der Waals surface area contributed by atoms with Gasteiger partial charge in [-0.2, -0.15) is 23.5 Å². The van der Waals surface area contributed by atoms with Crippen LogP contribution < -0.4 is 21.3 Å². The molecule has 12 nitrogen and oxygen atoms in total. The number of benzene rings is 1. The van der Waals surface area contributed by atoms with Crippen LogP contribution in [0.2, 0.25) is 0 Å². The van der Waals surface area contributed by atoms with E-state index in [1.54, 1.807) is 24.3 Å². The Balaban J connectivity index is 1.32. The van der Waals surface area contributed by atoms with Crippen molar-refractivity contribution in [3.63, 3.8) is 0 Å². The van der Waals surface area contributed by atoms with Gasteiger partial charge < -0.3 is 21.3 Å². The number of hydrogen-bond acceptors (Lipinski definition) is 8. The fourth-order valence-corrected chi connectivity index (χ4v) is 5.14. The van der Waals surface area contributed by atoms with E-state index in [4.69, 9.17) is 5.26 Å². The minimum Gasteiger partial charge on any atom is -0.353 e. The second kappa shape index (κ2) is 12.7. The van der Waals surface area contributed by atoms with E-state index in [9.17, 15) is 22.8 Å². The number of carbonyl (C=O) groups is 2. The Kier molecular flexibility index (Phi) is 8.81. The van der Waals surface area contributed by atoms with Crippen molar-refractivity contribution in [2.24, 2.45) is 0 Å². The highest BCUT2D eigenvalue weighted by atomic mass is 19.4. The molecule has 5 rings (SSSR count). The first-order chi connectivity index (χ1) is 21.1. The van der Waals surface area contributed by atoms with Crippen LogP contribution in [0.15, 0.2) is 43.0 Å². The van der Waals surface area contributed by atoms with E-state index in [0.717, 1.165) is 29.6 Å². The third-order valence-electron chi connectivity index (χ3n) is 7.30. The molecule has 1 aliphatic heterocycles. The number of fused-ring (bicyclic) bond motifs is 1. The zero-order chi connectivity index (χ0) is 31.4. The van der Waals surface area contributed by atoms with Crippen molar-refractivity contribution in [1.82, 2.24) is 40.1 Å². The summed E-state index contributed by atoms with van der Waals surface area (Å²) in [5.74, 6) is -0.0573. The van der Waals surface area contributed by atoms with Crippen LogP contribution in [0.4, 0.5) is 24.7 Å². The van der Waals surface area contributed by atoms with Crippen molar-refractivity contribution < 1.29 is 22.8 Å². The van der Waals surface area contributed by atoms with Crippen LogP contribution in [0.3, 0.4) is 0 Å². The predicted molar refractivity (Wildman–Crippen MR) is 155 cm³/mol. The summed E-state index contributed by atoms with van der Waals surface area (Å²) in [5, 5.41) is 24.6. The van der Waals surface area contributed by atoms with Crippen LogP contribution in [0.5, 0.6) is 0 Å². The number of aryl methyl sites for hydroxylation is 1. The van der Waals surface area contributed by atoms with Crippen LogP contribution >= 0.6 is 0 Å². The van der Waals surface area contributed by atoms with Crippen molar-refractivity contribution in [1.29, 1.82) is 5.26 Å². The molecule has 0 saturated carbocycles. The number of amides is 2. The lowest BCUT2D eigenvalue weighted by molar-refractivity contribution is -0.141. The average molecular weight is 609 g/mol.